The minimum absolute atomic E-state index is 0.0745. The maximum atomic E-state index is 12.4. The van der Waals surface area contributed by atoms with E-state index >= 15 is 0 Å². The number of nitrogens with zero attached hydrogens (tertiary/aromatic N) is 3. The van der Waals surface area contributed by atoms with Gasteiger partial charge in [-0.25, -0.2) is 0 Å². The number of piperidine rings is 1. The molecule has 1 aliphatic rings. The Morgan fingerprint density at radius 3 is 2.83 bits per heavy atom. The number of benzene rings is 2. The molecule has 7 heteroatoms. The zero-order chi connectivity index (χ0) is 20.9. The van der Waals surface area contributed by atoms with Gasteiger partial charge in [-0.3, -0.25) is 9.48 Å². The normalized spacial score (nSPS) is 16.3. The van der Waals surface area contributed by atoms with Gasteiger partial charge in [0.2, 0.25) is 5.91 Å². The summed E-state index contributed by atoms with van der Waals surface area (Å²) in [6, 6.07) is 16.9. The van der Waals surface area contributed by atoms with E-state index < -0.39 is 0 Å². The fourth-order valence-corrected chi connectivity index (χ4v) is 3.88. The van der Waals surface area contributed by atoms with Crippen molar-refractivity contribution in [2.45, 2.75) is 25.4 Å². The molecule has 1 fully saturated rings. The molecule has 2 aromatic carbocycles. The topological polar surface area (TPSA) is 59.4 Å². The van der Waals surface area contributed by atoms with Crippen LogP contribution in [0.1, 0.15) is 18.4 Å². The van der Waals surface area contributed by atoms with Crippen molar-refractivity contribution in [2.75, 3.05) is 23.3 Å². The molecule has 156 valence electrons. The number of carbonyl (C=O) groups excluding carboxylic acids is 1. The largest absolute Gasteiger partial charge is 0.489 e. The number of hydrogen-bond donors (Lipinski definition) is 1. The van der Waals surface area contributed by atoms with Gasteiger partial charge in [0.1, 0.15) is 17.7 Å². The molecule has 1 N–H and O–H groups in total. The van der Waals surface area contributed by atoms with Gasteiger partial charge in [0.15, 0.2) is 0 Å². The quantitative estimate of drug-likeness (QED) is 0.640. The molecule has 4 rings (SSSR count). The summed E-state index contributed by atoms with van der Waals surface area (Å²) in [7, 11) is 1.95. The van der Waals surface area contributed by atoms with Gasteiger partial charge in [-0.2, -0.15) is 5.10 Å². The summed E-state index contributed by atoms with van der Waals surface area (Å²) in [6.07, 6.45) is 4.27. The second-order valence-electron chi connectivity index (χ2n) is 7.52. The van der Waals surface area contributed by atoms with Crippen molar-refractivity contribution in [2.24, 2.45) is 7.05 Å². The second-order valence-corrected chi connectivity index (χ2v) is 7.96. The number of carbonyl (C=O) groups is 1. The molecule has 1 saturated heterocycles. The van der Waals surface area contributed by atoms with Gasteiger partial charge < -0.3 is 15.0 Å². The summed E-state index contributed by atoms with van der Waals surface area (Å²) >= 11 is 5.90. The maximum Gasteiger partial charge on any atom is 0.228 e. The van der Waals surface area contributed by atoms with Gasteiger partial charge >= 0.3 is 0 Å². The molecule has 30 heavy (non-hydrogen) atoms. The predicted octanol–water partition coefficient (Wildman–Crippen LogP) is 4.30. The molecule has 1 aliphatic heterocycles. The minimum Gasteiger partial charge on any atom is -0.489 e. The van der Waals surface area contributed by atoms with E-state index in [4.69, 9.17) is 16.3 Å². The molecule has 0 saturated carbocycles. The summed E-state index contributed by atoms with van der Waals surface area (Å²) in [4.78, 5) is 14.7. The molecule has 1 unspecified atom stereocenters. The van der Waals surface area contributed by atoms with Gasteiger partial charge in [0.05, 0.1) is 19.2 Å². The van der Waals surface area contributed by atoms with E-state index in [1.165, 1.54) is 0 Å². The minimum atomic E-state index is -0.0745. The molecule has 0 radical (unpaired) electrons. The first-order valence-electron chi connectivity index (χ1n) is 10.1. The Morgan fingerprint density at radius 1 is 1.23 bits per heavy atom. The van der Waals surface area contributed by atoms with Crippen LogP contribution in [-0.4, -0.2) is 34.9 Å². The molecule has 3 aromatic rings. The van der Waals surface area contributed by atoms with Gasteiger partial charge in [0, 0.05) is 36.4 Å². The smallest absolute Gasteiger partial charge is 0.228 e. The van der Waals surface area contributed by atoms with E-state index in [9.17, 15) is 4.79 Å². The van der Waals surface area contributed by atoms with E-state index in [1.807, 2.05) is 60.4 Å². The molecular weight excluding hydrogens is 400 g/mol. The van der Waals surface area contributed by atoms with Gasteiger partial charge in [-0.1, -0.05) is 29.8 Å². The van der Waals surface area contributed by atoms with Crippen LogP contribution in [-0.2, 0) is 18.3 Å². The Bertz CT molecular complexity index is 1000. The van der Waals surface area contributed by atoms with Crippen molar-refractivity contribution >= 4 is 29.0 Å². The summed E-state index contributed by atoms with van der Waals surface area (Å²) in [6.45, 7) is 1.81. The number of aromatic nitrogens is 2. The zero-order valence-corrected chi connectivity index (χ0v) is 17.7. The lowest BCUT2D eigenvalue weighted by atomic mass is 10.1. The molecule has 6 nitrogen and oxygen atoms in total. The lowest BCUT2D eigenvalue weighted by Gasteiger charge is -2.34. The molecule has 0 bridgehead atoms. The molecule has 1 atom stereocenters. The van der Waals surface area contributed by atoms with Crippen LogP contribution in [0.5, 0.6) is 5.75 Å². The highest BCUT2D eigenvalue weighted by atomic mass is 35.5. The third-order valence-electron chi connectivity index (χ3n) is 5.20. The highest BCUT2D eigenvalue weighted by Crippen LogP contribution is 2.24. The second kappa shape index (κ2) is 9.22. The predicted molar refractivity (Wildman–Crippen MR) is 119 cm³/mol. The number of nitrogens with one attached hydrogen (secondary N) is 1. The third kappa shape index (κ3) is 5.13. The molecule has 1 aromatic heterocycles. The van der Waals surface area contributed by atoms with Crippen molar-refractivity contribution in [1.29, 1.82) is 0 Å². The standard InChI is InChI=1S/C23H25ClN4O2/c1-27-23(11-12-25-27)28-13-3-6-21(16-28)30-20-5-2-4-19(15-20)26-22(29)14-17-7-9-18(24)10-8-17/h2,4-5,7-12,15,21H,3,6,13-14,16H2,1H3,(H,26,29). The van der Waals surface area contributed by atoms with Gasteiger partial charge in [-0.15, -0.1) is 0 Å². The lowest BCUT2D eigenvalue weighted by Crippen LogP contribution is -2.42. The Balaban J connectivity index is 1.35. The highest BCUT2D eigenvalue weighted by molar-refractivity contribution is 6.30. The fourth-order valence-electron chi connectivity index (χ4n) is 3.75. The van der Waals surface area contributed by atoms with E-state index in [-0.39, 0.29) is 12.0 Å². The Labute approximate surface area is 181 Å². The van der Waals surface area contributed by atoms with Crippen LogP contribution in [0.25, 0.3) is 0 Å². The number of amides is 1. The number of rotatable bonds is 6. The monoisotopic (exact) mass is 424 g/mol. The summed E-state index contributed by atoms with van der Waals surface area (Å²) in [5.74, 6) is 1.79. The van der Waals surface area contributed by atoms with Crippen LogP contribution in [0.15, 0.2) is 60.8 Å². The third-order valence-corrected chi connectivity index (χ3v) is 5.45. The number of ether oxygens (including phenoxy) is 1. The zero-order valence-electron chi connectivity index (χ0n) is 16.9. The van der Waals surface area contributed by atoms with Gasteiger partial charge in [0.25, 0.3) is 0 Å². The number of halogens is 1. The maximum absolute atomic E-state index is 12.4. The van der Waals surface area contributed by atoms with E-state index in [0.29, 0.717) is 11.4 Å². The van der Waals surface area contributed by atoms with Crippen molar-refractivity contribution in [1.82, 2.24) is 9.78 Å². The lowest BCUT2D eigenvalue weighted by molar-refractivity contribution is -0.115. The molecule has 2 heterocycles. The average Bonchev–Trinajstić information content (AvgIpc) is 3.16. The Kier molecular flexibility index (Phi) is 6.23. The van der Waals surface area contributed by atoms with Crippen LogP contribution in [0.3, 0.4) is 0 Å². The van der Waals surface area contributed by atoms with Crippen LogP contribution in [0.4, 0.5) is 11.5 Å². The molecule has 0 spiro atoms. The van der Waals surface area contributed by atoms with Crippen molar-refractivity contribution in [3.05, 3.63) is 71.4 Å². The Morgan fingerprint density at radius 2 is 2.07 bits per heavy atom. The molecule has 0 aliphatic carbocycles. The van der Waals surface area contributed by atoms with Gasteiger partial charge in [-0.05, 0) is 42.7 Å². The fraction of sp³-hybridized carbons (Fsp3) is 0.304. The first-order chi connectivity index (χ1) is 14.6. The summed E-state index contributed by atoms with van der Waals surface area (Å²) in [5.41, 5.74) is 1.65. The van der Waals surface area contributed by atoms with Crippen molar-refractivity contribution in [3.8, 4) is 5.75 Å². The Hall–Kier alpha value is -2.99. The SMILES string of the molecule is Cn1nccc1N1CCCC(Oc2cccc(NC(=O)Cc3ccc(Cl)cc3)c2)C1. The van der Waals surface area contributed by atoms with Crippen LogP contribution < -0.4 is 15.0 Å². The van der Waals surface area contributed by atoms with Crippen LogP contribution in [0.2, 0.25) is 5.02 Å². The first-order valence-corrected chi connectivity index (χ1v) is 10.5. The number of hydrogen-bond acceptors (Lipinski definition) is 4. The molecule has 1 amide bonds. The average molecular weight is 425 g/mol. The van der Waals surface area contributed by atoms with Crippen molar-refractivity contribution < 1.29 is 9.53 Å². The summed E-state index contributed by atoms with van der Waals surface area (Å²) in [5, 5.41) is 7.87. The van der Waals surface area contributed by atoms with E-state index in [2.05, 4.69) is 15.3 Å². The van der Waals surface area contributed by atoms with Crippen molar-refractivity contribution in [3.63, 3.8) is 0 Å². The summed E-state index contributed by atoms with van der Waals surface area (Å²) < 4.78 is 8.13. The van der Waals surface area contributed by atoms with E-state index in [0.717, 1.165) is 48.7 Å². The number of anilines is 2. The van der Waals surface area contributed by atoms with E-state index in [1.54, 1.807) is 12.1 Å². The first kappa shape index (κ1) is 20.3. The number of aryl methyl sites for hydroxylation is 1. The van der Waals surface area contributed by atoms with Crippen LogP contribution in [0, 0.1) is 0 Å². The molecular formula is C23H25ClN4O2. The highest BCUT2D eigenvalue weighted by Gasteiger charge is 2.23. The van der Waals surface area contributed by atoms with Crippen LogP contribution >= 0.6 is 11.6 Å².